The molecule has 0 saturated carbocycles. The fraction of sp³-hybridized carbons (Fsp3) is 0.143. The van der Waals surface area contributed by atoms with Crippen LogP contribution in [-0.2, 0) is 6.42 Å². The minimum atomic E-state index is -4.16. The van der Waals surface area contributed by atoms with Crippen LogP contribution in [-0.4, -0.2) is 6.18 Å². The molecule has 0 N–H and O–H groups in total. The zero-order valence-corrected chi connectivity index (χ0v) is 9.09. The molecule has 2 aromatic rings. The highest BCUT2D eigenvalue weighted by Crippen LogP contribution is 2.24. The van der Waals surface area contributed by atoms with Crippen molar-refractivity contribution in [3.05, 3.63) is 54.1 Å². The molecule has 2 aromatic carbocycles. The molecule has 0 saturated heterocycles. The lowest BCUT2D eigenvalue weighted by atomic mass is 10.0. The topological polar surface area (TPSA) is 0 Å². The van der Waals surface area contributed by atoms with Crippen LogP contribution in [0.5, 0.6) is 0 Å². The molecule has 0 nitrogen and oxygen atoms in total. The third kappa shape index (κ3) is 2.87. The largest absolute Gasteiger partial charge is 0.393 e. The van der Waals surface area contributed by atoms with Gasteiger partial charge in [0.05, 0.1) is 6.42 Å². The SMILES string of the molecule is C=Cc1ccc2ccc(CC(F)(F)F)cc2c1. The van der Waals surface area contributed by atoms with Gasteiger partial charge in [-0.25, -0.2) is 0 Å². The molecule has 0 radical (unpaired) electrons. The summed E-state index contributed by atoms with van der Waals surface area (Å²) in [6.07, 6.45) is -3.37. The fourth-order valence-electron chi connectivity index (χ4n) is 1.78. The van der Waals surface area contributed by atoms with E-state index in [2.05, 4.69) is 6.58 Å². The van der Waals surface area contributed by atoms with Crippen LogP contribution in [0.3, 0.4) is 0 Å². The van der Waals surface area contributed by atoms with Gasteiger partial charge < -0.3 is 0 Å². The minimum absolute atomic E-state index is 0.284. The van der Waals surface area contributed by atoms with Gasteiger partial charge >= 0.3 is 6.18 Å². The Kier molecular flexibility index (Phi) is 2.92. The van der Waals surface area contributed by atoms with Crippen molar-refractivity contribution in [3.8, 4) is 0 Å². The molecule has 2 rings (SSSR count). The van der Waals surface area contributed by atoms with Crippen molar-refractivity contribution in [1.82, 2.24) is 0 Å². The van der Waals surface area contributed by atoms with Gasteiger partial charge in [0, 0.05) is 0 Å². The standard InChI is InChI=1S/C14H11F3/c1-2-10-3-5-12-6-4-11(8-13(12)7-10)9-14(15,16)17/h2-8H,1,9H2. The molecule has 88 valence electrons. The van der Waals surface area contributed by atoms with Crippen LogP contribution in [0.2, 0.25) is 0 Å². The van der Waals surface area contributed by atoms with Crippen LogP contribution >= 0.6 is 0 Å². The molecule has 0 amide bonds. The van der Waals surface area contributed by atoms with Gasteiger partial charge in [-0.1, -0.05) is 43.0 Å². The van der Waals surface area contributed by atoms with Crippen molar-refractivity contribution in [3.63, 3.8) is 0 Å². The Hall–Kier alpha value is -1.77. The first-order chi connectivity index (χ1) is 7.98. The minimum Gasteiger partial charge on any atom is -0.171 e. The summed E-state index contributed by atoms with van der Waals surface area (Å²) in [5.74, 6) is 0. The summed E-state index contributed by atoms with van der Waals surface area (Å²) in [5.41, 5.74) is 1.19. The highest BCUT2D eigenvalue weighted by molar-refractivity contribution is 5.85. The Morgan fingerprint density at radius 1 is 1.00 bits per heavy atom. The van der Waals surface area contributed by atoms with E-state index in [9.17, 15) is 13.2 Å². The summed E-state index contributed by atoms with van der Waals surface area (Å²) >= 11 is 0. The van der Waals surface area contributed by atoms with Crippen molar-refractivity contribution >= 4 is 16.8 Å². The summed E-state index contributed by atoms with van der Waals surface area (Å²) in [7, 11) is 0. The van der Waals surface area contributed by atoms with Crippen LogP contribution in [0.25, 0.3) is 16.8 Å². The Bertz CT molecular complexity index is 553. The van der Waals surface area contributed by atoms with Crippen LogP contribution in [0, 0.1) is 0 Å². The van der Waals surface area contributed by atoms with Gasteiger partial charge in [-0.3, -0.25) is 0 Å². The van der Waals surface area contributed by atoms with E-state index in [0.717, 1.165) is 16.3 Å². The van der Waals surface area contributed by atoms with E-state index in [-0.39, 0.29) is 5.56 Å². The fourth-order valence-corrected chi connectivity index (χ4v) is 1.78. The number of benzene rings is 2. The third-order valence-corrected chi connectivity index (χ3v) is 2.57. The first-order valence-corrected chi connectivity index (χ1v) is 5.20. The highest BCUT2D eigenvalue weighted by atomic mass is 19.4. The van der Waals surface area contributed by atoms with Crippen molar-refractivity contribution < 1.29 is 13.2 Å². The van der Waals surface area contributed by atoms with Crippen molar-refractivity contribution in [1.29, 1.82) is 0 Å². The van der Waals surface area contributed by atoms with Gasteiger partial charge in [-0.2, -0.15) is 13.2 Å². The van der Waals surface area contributed by atoms with E-state index in [1.165, 1.54) is 6.07 Å². The second-order valence-electron chi connectivity index (χ2n) is 3.94. The number of alkyl halides is 3. The molecule has 0 unspecified atom stereocenters. The monoisotopic (exact) mass is 236 g/mol. The first kappa shape index (κ1) is 11.7. The lowest BCUT2D eigenvalue weighted by Gasteiger charge is -2.07. The van der Waals surface area contributed by atoms with Crippen LogP contribution in [0.1, 0.15) is 11.1 Å². The summed E-state index contributed by atoms with van der Waals surface area (Å²) in [4.78, 5) is 0. The summed E-state index contributed by atoms with van der Waals surface area (Å²) in [6.45, 7) is 3.64. The molecular formula is C14H11F3. The maximum Gasteiger partial charge on any atom is 0.393 e. The first-order valence-electron chi connectivity index (χ1n) is 5.20. The second-order valence-corrected chi connectivity index (χ2v) is 3.94. The van der Waals surface area contributed by atoms with Crippen molar-refractivity contribution in [2.45, 2.75) is 12.6 Å². The zero-order chi connectivity index (χ0) is 12.5. The van der Waals surface area contributed by atoms with Gasteiger partial charge in [0.1, 0.15) is 0 Å². The van der Waals surface area contributed by atoms with E-state index >= 15 is 0 Å². The maximum absolute atomic E-state index is 12.3. The van der Waals surface area contributed by atoms with Gasteiger partial charge in [0.2, 0.25) is 0 Å². The molecule has 3 heteroatoms. The average Bonchev–Trinajstić information content (AvgIpc) is 2.26. The Morgan fingerprint density at radius 2 is 1.71 bits per heavy atom. The smallest absolute Gasteiger partial charge is 0.171 e. The molecular weight excluding hydrogens is 225 g/mol. The molecule has 0 aliphatic rings. The summed E-state index contributed by atoms with van der Waals surface area (Å²) < 4.78 is 36.8. The summed E-state index contributed by atoms with van der Waals surface area (Å²) in [5, 5.41) is 1.74. The predicted molar refractivity (Wildman–Crippen MR) is 63.8 cm³/mol. The van der Waals surface area contributed by atoms with Gasteiger partial charge in [0.15, 0.2) is 0 Å². The molecule has 0 spiro atoms. The molecule has 0 bridgehead atoms. The molecule has 0 heterocycles. The van der Waals surface area contributed by atoms with Gasteiger partial charge in [-0.15, -0.1) is 0 Å². The van der Waals surface area contributed by atoms with Gasteiger partial charge in [0.25, 0.3) is 0 Å². The molecule has 0 aliphatic heterocycles. The van der Waals surface area contributed by atoms with Crippen molar-refractivity contribution in [2.24, 2.45) is 0 Å². The molecule has 0 fully saturated rings. The Balaban J connectivity index is 2.44. The van der Waals surface area contributed by atoms with Crippen LogP contribution < -0.4 is 0 Å². The number of halogens is 3. The average molecular weight is 236 g/mol. The Labute approximate surface area is 97.4 Å². The lowest BCUT2D eigenvalue weighted by molar-refractivity contribution is -0.127. The zero-order valence-electron chi connectivity index (χ0n) is 9.09. The quantitative estimate of drug-likeness (QED) is 0.715. The number of hydrogen-bond donors (Lipinski definition) is 0. The molecule has 0 atom stereocenters. The summed E-state index contributed by atoms with van der Waals surface area (Å²) in [6, 6.07) is 10.4. The number of rotatable bonds is 2. The van der Waals surface area contributed by atoms with Crippen molar-refractivity contribution in [2.75, 3.05) is 0 Å². The van der Waals surface area contributed by atoms with E-state index in [1.807, 2.05) is 18.2 Å². The van der Waals surface area contributed by atoms with E-state index < -0.39 is 12.6 Å². The van der Waals surface area contributed by atoms with Crippen LogP contribution in [0.4, 0.5) is 13.2 Å². The lowest BCUT2D eigenvalue weighted by Crippen LogP contribution is -2.11. The van der Waals surface area contributed by atoms with Gasteiger partial charge in [-0.05, 0) is 28.0 Å². The molecule has 17 heavy (non-hydrogen) atoms. The van der Waals surface area contributed by atoms with E-state index in [0.29, 0.717) is 0 Å². The maximum atomic E-state index is 12.3. The number of fused-ring (bicyclic) bond motifs is 1. The van der Waals surface area contributed by atoms with E-state index in [1.54, 1.807) is 18.2 Å². The predicted octanol–water partition coefficient (Wildman–Crippen LogP) is 4.59. The highest BCUT2D eigenvalue weighted by Gasteiger charge is 2.27. The third-order valence-electron chi connectivity index (χ3n) is 2.57. The Morgan fingerprint density at radius 3 is 2.35 bits per heavy atom. The second kappa shape index (κ2) is 4.24. The molecule has 0 aromatic heterocycles. The normalized spacial score (nSPS) is 11.7. The van der Waals surface area contributed by atoms with Crippen LogP contribution in [0.15, 0.2) is 43.0 Å². The van der Waals surface area contributed by atoms with E-state index in [4.69, 9.17) is 0 Å². The number of hydrogen-bond acceptors (Lipinski definition) is 0. The molecule has 0 aliphatic carbocycles.